The van der Waals surface area contributed by atoms with Crippen LogP contribution in [0.15, 0.2) is 48.5 Å². The van der Waals surface area contributed by atoms with Gasteiger partial charge in [0.15, 0.2) is 0 Å². The van der Waals surface area contributed by atoms with Crippen molar-refractivity contribution in [2.45, 2.75) is 38.8 Å². The van der Waals surface area contributed by atoms with E-state index in [0.717, 1.165) is 17.5 Å². The maximum Gasteiger partial charge on any atom is 0.269 e. The minimum absolute atomic E-state index is 0.000776. The molecule has 0 radical (unpaired) electrons. The van der Waals surface area contributed by atoms with E-state index < -0.39 is 4.92 Å². The number of hydrogen-bond donors (Lipinski definition) is 0. The third-order valence-electron chi connectivity index (χ3n) is 5.72. The molecular weight excluding hydrogens is 370 g/mol. The number of benzene rings is 2. The van der Waals surface area contributed by atoms with Crippen molar-refractivity contribution in [1.29, 1.82) is 0 Å². The first-order valence-electron chi connectivity index (χ1n) is 9.64. The quantitative estimate of drug-likeness (QED) is 0.571. The van der Waals surface area contributed by atoms with Gasteiger partial charge in [0.2, 0.25) is 11.8 Å². The summed E-state index contributed by atoms with van der Waals surface area (Å²) in [6.45, 7) is 3.96. The number of carbonyl (C=O) groups is 2. The normalized spacial score (nSPS) is 16.7. The van der Waals surface area contributed by atoms with E-state index in [1.165, 1.54) is 19.1 Å². The summed E-state index contributed by atoms with van der Waals surface area (Å²) in [4.78, 5) is 39.2. The molecule has 7 nitrogen and oxygen atoms in total. The highest BCUT2D eigenvalue weighted by molar-refractivity contribution is 5.80. The molecule has 0 aliphatic carbocycles. The molecule has 152 valence electrons. The van der Waals surface area contributed by atoms with Crippen molar-refractivity contribution in [2.24, 2.45) is 0 Å². The first-order chi connectivity index (χ1) is 13.8. The zero-order valence-electron chi connectivity index (χ0n) is 16.9. The lowest BCUT2D eigenvalue weighted by molar-refractivity contribution is -0.384. The fourth-order valence-electron chi connectivity index (χ4n) is 3.90. The van der Waals surface area contributed by atoms with E-state index in [1.54, 1.807) is 29.0 Å². The maximum absolute atomic E-state index is 13.1. The molecule has 0 bridgehead atoms. The molecule has 0 spiro atoms. The van der Waals surface area contributed by atoms with Crippen LogP contribution < -0.4 is 0 Å². The zero-order valence-corrected chi connectivity index (χ0v) is 16.9. The van der Waals surface area contributed by atoms with Gasteiger partial charge in [-0.1, -0.05) is 36.4 Å². The van der Waals surface area contributed by atoms with E-state index in [1.807, 2.05) is 31.2 Å². The summed E-state index contributed by atoms with van der Waals surface area (Å²) in [5.74, 6) is -0.163. The highest BCUT2D eigenvalue weighted by atomic mass is 16.6. The fourth-order valence-corrected chi connectivity index (χ4v) is 3.90. The SMILES string of the molecule is CC(=O)N1CCc2ccccc2C1CC(=O)N(C)C(C)c1cccc([N+](=O)[O-])c1. The van der Waals surface area contributed by atoms with Gasteiger partial charge in [0, 0.05) is 32.6 Å². The van der Waals surface area contributed by atoms with Crippen LogP contribution >= 0.6 is 0 Å². The van der Waals surface area contributed by atoms with Crippen LogP contribution in [0.2, 0.25) is 0 Å². The largest absolute Gasteiger partial charge is 0.339 e. The Morgan fingerprint density at radius 3 is 2.66 bits per heavy atom. The molecule has 2 unspecified atom stereocenters. The van der Waals surface area contributed by atoms with Gasteiger partial charge in [0.1, 0.15) is 0 Å². The molecule has 3 rings (SSSR count). The lowest BCUT2D eigenvalue weighted by Crippen LogP contribution is -2.41. The van der Waals surface area contributed by atoms with Gasteiger partial charge >= 0.3 is 0 Å². The Morgan fingerprint density at radius 1 is 1.24 bits per heavy atom. The van der Waals surface area contributed by atoms with Gasteiger partial charge < -0.3 is 9.80 Å². The van der Waals surface area contributed by atoms with Crippen molar-refractivity contribution >= 4 is 17.5 Å². The molecule has 1 aliphatic heterocycles. The van der Waals surface area contributed by atoms with Crippen LogP contribution in [0.4, 0.5) is 5.69 Å². The van der Waals surface area contributed by atoms with Gasteiger partial charge in [-0.15, -0.1) is 0 Å². The maximum atomic E-state index is 13.1. The van der Waals surface area contributed by atoms with Crippen LogP contribution in [0.1, 0.15) is 49.0 Å². The summed E-state index contributed by atoms with van der Waals surface area (Å²) in [5.41, 5.74) is 2.87. The Hall–Kier alpha value is -3.22. The van der Waals surface area contributed by atoms with E-state index in [0.29, 0.717) is 12.1 Å². The van der Waals surface area contributed by atoms with Crippen molar-refractivity contribution in [2.75, 3.05) is 13.6 Å². The molecule has 0 fully saturated rings. The van der Waals surface area contributed by atoms with E-state index >= 15 is 0 Å². The predicted molar refractivity (Wildman–Crippen MR) is 109 cm³/mol. The molecule has 7 heteroatoms. The summed E-state index contributed by atoms with van der Waals surface area (Å²) in [6.07, 6.45) is 0.951. The van der Waals surface area contributed by atoms with Gasteiger partial charge in [-0.05, 0) is 30.0 Å². The summed E-state index contributed by atoms with van der Waals surface area (Å²) in [5, 5.41) is 11.0. The average Bonchev–Trinajstić information content (AvgIpc) is 2.72. The number of non-ortho nitro benzene ring substituents is 1. The Labute approximate surface area is 170 Å². The number of carbonyl (C=O) groups excluding carboxylic acids is 2. The number of amides is 2. The van der Waals surface area contributed by atoms with Crippen LogP contribution in [0.5, 0.6) is 0 Å². The Kier molecular flexibility index (Phi) is 5.96. The smallest absolute Gasteiger partial charge is 0.269 e. The van der Waals surface area contributed by atoms with Crippen LogP contribution in [-0.2, 0) is 16.0 Å². The zero-order chi connectivity index (χ0) is 21.1. The van der Waals surface area contributed by atoms with E-state index in [-0.39, 0.29) is 36.0 Å². The molecule has 1 heterocycles. The molecule has 2 atom stereocenters. The molecule has 1 aliphatic rings. The van der Waals surface area contributed by atoms with Crippen molar-refractivity contribution in [3.05, 3.63) is 75.3 Å². The lowest BCUT2D eigenvalue weighted by Gasteiger charge is -2.37. The number of fused-ring (bicyclic) bond motifs is 1. The molecule has 2 aromatic rings. The second kappa shape index (κ2) is 8.43. The third kappa shape index (κ3) is 4.29. The van der Waals surface area contributed by atoms with Gasteiger partial charge in [-0.3, -0.25) is 19.7 Å². The number of hydrogen-bond acceptors (Lipinski definition) is 4. The summed E-state index contributed by atoms with van der Waals surface area (Å²) in [7, 11) is 1.69. The molecule has 0 N–H and O–H groups in total. The number of nitro benzene ring substituents is 1. The predicted octanol–water partition coefficient (Wildman–Crippen LogP) is 3.65. The van der Waals surface area contributed by atoms with Crippen LogP contribution in [0.3, 0.4) is 0 Å². The summed E-state index contributed by atoms with van der Waals surface area (Å²) in [6, 6.07) is 13.6. The molecular formula is C22H25N3O4. The minimum atomic E-state index is -0.443. The number of nitro groups is 1. The minimum Gasteiger partial charge on any atom is -0.339 e. The Morgan fingerprint density at radius 2 is 1.97 bits per heavy atom. The second-order valence-corrected chi connectivity index (χ2v) is 7.41. The Bertz CT molecular complexity index is 943. The monoisotopic (exact) mass is 395 g/mol. The van der Waals surface area contributed by atoms with Gasteiger partial charge in [-0.2, -0.15) is 0 Å². The molecule has 0 saturated carbocycles. The van der Waals surface area contributed by atoms with Crippen LogP contribution in [0, 0.1) is 10.1 Å². The topological polar surface area (TPSA) is 83.8 Å². The molecule has 29 heavy (non-hydrogen) atoms. The van der Waals surface area contributed by atoms with Crippen molar-refractivity contribution in [1.82, 2.24) is 9.80 Å². The average molecular weight is 395 g/mol. The Balaban J connectivity index is 1.81. The van der Waals surface area contributed by atoms with E-state index in [4.69, 9.17) is 0 Å². The summed E-state index contributed by atoms with van der Waals surface area (Å²) < 4.78 is 0. The van der Waals surface area contributed by atoms with E-state index in [9.17, 15) is 19.7 Å². The van der Waals surface area contributed by atoms with Gasteiger partial charge in [-0.25, -0.2) is 0 Å². The standard InChI is InChI=1S/C22H25N3O4/c1-15(18-8-6-9-19(13-18)25(28)29)23(3)22(27)14-21-20-10-5-4-7-17(20)11-12-24(21)16(2)26/h4-10,13,15,21H,11-12,14H2,1-3H3. The number of rotatable bonds is 5. The molecule has 2 amide bonds. The highest BCUT2D eigenvalue weighted by Crippen LogP contribution is 2.33. The van der Waals surface area contributed by atoms with Gasteiger partial charge in [0.05, 0.1) is 23.4 Å². The fraction of sp³-hybridized carbons (Fsp3) is 0.364. The van der Waals surface area contributed by atoms with Gasteiger partial charge in [0.25, 0.3) is 5.69 Å². The molecule has 2 aromatic carbocycles. The van der Waals surface area contributed by atoms with Crippen molar-refractivity contribution in [3.8, 4) is 0 Å². The molecule has 0 aromatic heterocycles. The first kappa shape index (κ1) is 20.5. The van der Waals surface area contributed by atoms with Crippen LogP contribution in [-0.4, -0.2) is 40.1 Å². The lowest BCUT2D eigenvalue weighted by atomic mass is 9.90. The first-order valence-corrected chi connectivity index (χ1v) is 9.64. The molecule has 0 saturated heterocycles. The highest BCUT2D eigenvalue weighted by Gasteiger charge is 2.32. The van der Waals surface area contributed by atoms with Crippen molar-refractivity contribution < 1.29 is 14.5 Å². The second-order valence-electron chi connectivity index (χ2n) is 7.41. The van der Waals surface area contributed by atoms with Crippen molar-refractivity contribution in [3.63, 3.8) is 0 Å². The summed E-state index contributed by atoms with van der Waals surface area (Å²) >= 11 is 0. The van der Waals surface area contributed by atoms with Crippen LogP contribution in [0.25, 0.3) is 0 Å². The third-order valence-corrected chi connectivity index (χ3v) is 5.72. The van der Waals surface area contributed by atoms with E-state index in [2.05, 4.69) is 0 Å². The number of nitrogens with zero attached hydrogens (tertiary/aromatic N) is 3.